The zero-order chi connectivity index (χ0) is 10.2. The van der Waals surface area contributed by atoms with Gasteiger partial charge in [-0.2, -0.15) is 0 Å². The van der Waals surface area contributed by atoms with Crippen LogP contribution in [0.1, 0.15) is 38.2 Å². The molecule has 0 saturated carbocycles. The quantitative estimate of drug-likeness (QED) is 0.775. The van der Waals surface area contributed by atoms with E-state index in [2.05, 4.69) is 15.7 Å². The molecule has 14 heavy (non-hydrogen) atoms. The molecular formula is C11H18N2O. The molecule has 0 radical (unpaired) electrons. The number of rotatable bonds is 2. The number of aromatic nitrogens is 2. The zero-order valence-corrected chi connectivity index (χ0v) is 8.95. The number of hydrogen-bond acceptors (Lipinski definition) is 2. The fourth-order valence-corrected chi connectivity index (χ4v) is 2.00. The van der Waals surface area contributed by atoms with E-state index < -0.39 is 5.60 Å². The first-order valence-corrected chi connectivity index (χ1v) is 5.32. The Morgan fingerprint density at radius 2 is 2.29 bits per heavy atom. The van der Waals surface area contributed by atoms with Crippen molar-refractivity contribution >= 4 is 0 Å². The van der Waals surface area contributed by atoms with Crippen molar-refractivity contribution in [2.24, 2.45) is 0 Å². The molecule has 0 unspecified atom stereocenters. The van der Waals surface area contributed by atoms with Crippen LogP contribution in [0.15, 0.2) is 6.20 Å². The summed E-state index contributed by atoms with van der Waals surface area (Å²) in [6.45, 7) is 4.74. The second-order valence-corrected chi connectivity index (χ2v) is 4.79. The fourth-order valence-electron chi connectivity index (χ4n) is 2.00. The van der Waals surface area contributed by atoms with Crippen LogP contribution < -0.4 is 0 Å². The number of fused-ring (bicyclic) bond motifs is 1. The Bertz CT molecular complexity index is 299. The lowest BCUT2D eigenvalue weighted by molar-refractivity contribution is 0.0800. The lowest BCUT2D eigenvalue weighted by atomic mass is 10.0. The lowest BCUT2D eigenvalue weighted by Crippen LogP contribution is -2.22. The van der Waals surface area contributed by atoms with Gasteiger partial charge in [-0.3, -0.25) is 0 Å². The van der Waals surface area contributed by atoms with Gasteiger partial charge in [-0.15, -0.1) is 0 Å². The number of hydrogen-bond donors (Lipinski definition) is 1. The summed E-state index contributed by atoms with van der Waals surface area (Å²) in [6.07, 6.45) is 6.33. The summed E-state index contributed by atoms with van der Waals surface area (Å²) in [5.74, 6) is 1.19. The Labute approximate surface area is 84.8 Å². The maximum atomic E-state index is 9.68. The van der Waals surface area contributed by atoms with Gasteiger partial charge >= 0.3 is 0 Å². The topological polar surface area (TPSA) is 38.0 Å². The Balaban J connectivity index is 2.16. The summed E-state index contributed by atoms with van der Waals surface area (Å²) in [6, 6.07) is 0. The second-order valence-electron chi connectivity index (χ2n) is 4.79. The third-order valence-electron chi connectivity index (χ3n) is 2.57. The van der Waals surface area contributed by atoms with Gasteiger partial charge in [0.05, 0.1) is 11.3 Å². The van der Waals surface area contributed by atoms with E-state index >= 15 is 0 Å². The predicted molar refractivity (Wildman–Crippen MR) is 55.2 cm³/mol. The predicted octanol–water partition coefficient (Wildman–Crippen LogP) is 1.53. The molecule has 1 aliphatic heterocycles. The molecule has 0 saturated heterocycles. The van der Waals surface area contributed by atoms with Gasteiger partial charge in [-0.25, -0.2) is 4.98 Å². The van der Waals surface area contributed by atoms with Crippen molar-refractivity contribution < 1.29 is 5.11 Å². The maximum Gasteiger partial charge on any atom is 0.108 e. The van der Waals surface area contributed by atoms with Crippen molar-refractivity contribution in [2.75, 3.05) is 0 Å². The first kappa shape index (κ1) is 9.71. The van der Waals surface area contributed by atoms with Gasteiger partial charge in [-0.05, 0) is 26.7 Å². The van der Waals surface area contributed by atoms with Gasteiger partial charge in [0.1, 0.15) is 5.82 Å². The van der Waals surface area contributed by atoms with E-state index in [1.54, 1.807) is 0 Å². The summed E-state index contributed by atoms with van der Waals surface area (Å²) in [4.78, 5) is 4.54. The average Bonchev–Trinajstić information content (AvgIpc) is 2.42. The summed E-state index contributed by atoms with van der Waals surface area (Å²) < 4.78 is 2.23. The van der Waals surface area contributed by atoms with Gasteiger partial charge < -0.3 is 9.67 Å². The molecule has 2 heterocycles. The van der Waals surface area contributed by atoms with E-state index in [1.165, 1.54) is 18.7 Å². The number of nitrogens with zero attached hydrogens (tertiary/aromatic N) is 2. The van der Waals surface area contributed by atoms with E-state index in [-0.39, 0.29) is 0 Å². The Morgan fingerprint density at radius 3 is 2.93 bits per heavy atom. The molecule has 0 fully saturated rings. The summed E-state index contributed by atoms with van der Waals surface area (Å²) in [5, 5.41) is 9.68. The van der Waals surface area contributed by atoms with E-state index in [9.17, 15) is 5.11 Å². The van der Waals surface area contributed by atoms with Crippen LogP contribution in [-0.2, 0) is 19.4 Å². The fraction of sp³-hybridized carbons (Fsp3) is 0.727. The van der Waals surface area contributed by atoms with Crippen LogP contribution in [0.4, 0.5) is 0 Å². The Morgan fingerprint density at radius 1 is 1.50 bits per heavy atom. The van der Waals surface area contributed by atoms with E-state index in [1.807, 2.05) is 13.8 Å². The normalized spacial score (nSPS) is 16.8. The first-order valence-electron chi connectivity index (χ1n) is 5.32. The minimum absolute atomic E-state index is 0.646. The summed E-state index contributed by atoms with van der Waals surface area (Å²) >= 11 is 0. The average molecular weight is 194 g/mol. The molecule has 0 atom stereocenters. The smallest absolute Gasteiger partial charge is 0.108 e. The first-order chi connectivity index (χ1) is 6.54. The van der Waals surface area contributed by atoms with Crippen molar-refractivity contribution in [3.63, 3.8) is 0 Å². The van der Waals surface area contributed by atoms with Gasteiger partial charge in [0, 0.05) is 25.6 Å². The SMILES string of the molecule is CC(C)(O)Cc1cn2c(n1)CCCC2. The molecule has 3 nitrogen and oxygen atoms in total. The van der Waals surface area contributed by atoms with Crippen LogP contribution in [0.3, 0.4) is 0 Å². The third-order valence-corrected chi connectivity index (χ3v) is 2.57. The highest BCUT2D eigenvalue weighted by molar-refractivity contribution is 5.08. The van der Waals surface area contributed by atoms with Crippen molar-refractivity contribution in [3.05, 3.63) is 17.7 Å². The summed E-state index contributed by atoms with van der Waals surface area (Å²) in [7, 11) is 0. The molecule has 1 aromatic heterocycles. The minimum Gasteiger partial charge on any atom is -0.390 e. The number of aliphatic hydroxyl groups is 1. The van der Waals surface area contributed by atoms with Crippen LogP contribution in [0.2, 0.25) is 0 Å². The second kappa shape index (κ2) is 3.39. The van der Waals surface area contributed by atoms with Gasteiger partial charge in [0.25, 0.3) is 0 Å². The van der Waals surface area contributed by atoms with Crippen LogP contribution in [0.5, 0.6) is 0 Å². The van der Waals surface area contributed by atoms with E-state index in [4.69, 9.17) is 0 Å². The molecule has 1 N–H and O–H groups in total. The van der Waals surface area contributed by atoms with Crippen LogP contribution >= 0.6 is 0 Å². The zero-order valence-electron chi connectivity index (χ0n) is 8.95. The van der Waals surface area contributed by atoms with Crippen molar-refractivity contribution in [1.29, 1.82) is 0 Å². The minimum atomic E-state index is -0.648. The molecule has 1 aromatic rings. The summed E-state index contributed by atoms with van der Waals surface area (Å²) in [5.41, 5.74) is 0.374. The largest absolute Gasteiger partial charge is 0.390 e. The molecular weight excluding hydrogens is 176 g/mol. The molecule has 0 spiro atoms. The molecule has 1 aliphatic rings. The highest BCUT2D eigenvalue weighted by Crippen LogP contribution is 2.17. The third kappa shape index (κ3) is 2.15. The molecule has 78 valence electrons. The van der Waals surface area contributed by atoms with Gasteiger partial charge in [0.2, 0.25) is 0 Å². The molecule has 0 bridgehead atoms. The highest BCUT2D eigenvalue weighted by Gasteiger charge is 2.18. The van der Waals surface area contributed by atoms with E-state index in [0.29, 0.717) is 6.42 Å². The molecule has 0 aromatic carbocycles. The van der Waals surface area contributed by atoms with Crippen molar-refractivity contribution in [1.82, 2.24) is 9.55 Å². The molecule has 3 heteroatoms. The van der Waals surface area contributed by atoms with Gasteiger partial charge in [-0.1, -0.05) is 0 Å². The monoisotopic (exact) mass is 194 g/mol. The number of imidazole rings is 1. The Hall–Kier alpha value is -0.830. The lowest BCUT2D eigenvalue weighted by Gasteiger charge is -2.14. The van der Waals surface area contributed by atoms with Crippen LogP contribution in [-0.4, -0.2) is 20.3 Å². The highest BCUT2D eigenvalue weighted by atomic mass is 16.3. The van der Waals surface area contributed by atoms with Gasteiger partial charge in [0.15, 0.2) is 0 Å². The van der Waals surface area contributed by atoms with Crippen LogP contribution in [0.25, 0.3) is 0 Å². The Kier molecular flexibility index (Phi) is 2.35. The van der Waals surface area contributed by atoms with Crippen molar-refractivity contribution in [3.8, 4) is 0 Å². The molecule has 0 aliphatic carbocycles. The van der Waals surface area contributed by atoms with Crippen molar-refractivity contribution in [2.45, 2.75) is 51.7 Å². The number of aryl methyl sites for hydroxylation is 2. The standard InChI is InChI=1S/C11H18N2O/c1-11(2,14)7-9-8-13-6-4-3-5-10(13)12-9/h8,14H,3-7H2,1-2H3. The maximum absolute atomic E-state index is 9.68. The molecule has 2 rings (SSSR count). The van der Waals surface area contributed by atoms with E-state index in [0.717, 1.165) is 18.7 Å². The van der Waals surface area contributed by atoms with Crippen LogP contribution in [0, 0.1) is 0 Å². The molecule has 0 amide bonds.